The van der Waals surface area contributed by atoms with Crippen LogP contribution in [-0.2, 0) is 11.8 Å². The first kappa shape index (κ1) is 21.4. The maximum absolute atomic E-state index is 12.7. The van der Waals surface area contributed by atoms with E-state index in [9.17, 15) is 18.4 Å². The van der Waals surface area contributed by atoms with Gasteiger partial charge in [-0.25, -0.2) is 4.98 Å². The zero-order valence-corrected chi connectivity index (χ0v) is 17.1. The lowest BCUT2D eigenvalue weighted by Gasteiger charge is -2.12. The van der Waals surface area contributed by atoms with Gasteiger partial charge in [0.2, 0.25) is 11.9 Å². The normalized spacial score (nSPS) is 14.5. The lowest BCUT2D eigenvalue weighted by atomic mass is 10.0. The molecule has 164 valence electrons. The van der Waals surface area contributed by atoms with Crippen LogP contribution in [0.1, 0.15) is 31.2 Å². The van der Waals surface area contributed by atoms with E-state index in [1.807, 2.05) is 13.0 Å². The van der Waals surface area contributed by atoms with Crippen LogP contribution in [0.15, 0.2) is 36.5 Å². The van der Waals surface area contributed by atoms with E-state index < -0.39 is 18.1 Å². The third-order valence-corrected chi connectivity index (χ3v) is 4.95. The summed E-state index contributed by atoms with van der Waals surface area (Å²) in [7, 11) is 0. The molecule has 3 aromatic heterocycles. The molecule has 1 aliphatic carbocycles. The van der Waals surface area contributed by atoms with Gasteiger partial charge in [0.15, 0.2) is 5.82 Å². The van der Waals surface area contributed by atoms with Crippen LogP contribution < -0.4 is 10.6 Å². The first-order valence-corrected chi connectivity index (χ1v) is 9.98. The quantitative estimate of drug-likeness (QED) is 0.563. The Morgan fingerprint density at radius 3 is 2.56 bits per heavy atom. The van der Waals surface area contributed by atoms with Gasteiger partial charge < -0.3 is 10.6 Å². The fourth-order valence-electron chi connectivity index (χ4n) is 3.06. The number of anilines is 3. The molecule has 3 aromatic rings. The van der Waals surface area contributed by atoms with Crippen LogP contribution in [0.5, 0.6) is 0 Å². The molecule has 0 atom stereocenters. The molecule has 1 saturated carbocycles. The smallest absolute Gasteiger partial charge is 0.345 e. The van der Waals surface area contributed by atoms with E-state index in [0.717, 1.165) is 18.5 Å². The summed E-state index contributed by atoms with van der Waals surface area (Å²) in [6.45, 7) is 0.653. The summed E-state index contributed by atoms with van der Waals surface area (Å²) in [4.78, 5) is 21.3. The van der Waals surface area contributed by atoms with Gasteiger partial charge in [0.25, 0.3) is 0 Å². The van der Waals surface area contributed by atoms with Gasteiger partial charge >= 0.3 is 6.18 Å². The molecule has 1 fully saturated rings. The van der Waals surface area contributed by atoms with Crippen LogP contribution in [0.2, 0.25) is 0 Å². The van der Waals surface area contributed by atoms with Gasteiger partial charge in [-0.3, -0.25) is 4.98 Å². The van der Waals surface area contributed by atoms with Crippen molar-refractivity contribution in [1.82, 2.24) is 24.9 Å². The molecule has 8 nitrogen and oxygen atoms in total. The third kappa shape index (κ3) is 4.91. The van der Waals surface area contributed by atoms with Gasteiger partial charge in [-0.15, -0.1) is 0 Å². The second-order valence-corrected chi connectivity index (χ2v) is 7.39. The Kier molecular flexibility index (Phi) is 5.61. The predicted octanol–water partition coefficient (Wildman–Crippen LogP) is 4.16. The van der Waals surface area contributed by atoms with Crippen molar-refractivity contribution in [2.75, 3.05) is 17.2 Å². The van der Waals surface area contributed by atoms with Gasteiger partial charge in [0.05, 0.1) is 17.2 Å². The number of alkyl halides is 3. The SMILES string of the molecule is CCc1cccc(-c2nc(NCC(F)(F)F)nc(Nc3ccnc(C4(C#N)CC4)c3)n2)n1. The number of hydrogen-bond donors (Lipinski definition) is 2. The van der Waals surface area contributed by atoms with Crippen molar-refractivity contribution in [3.8, 4) is 17.6 Å². The van der Waals surface area contributed by atoms with Crippen LogP contribution in [0.4, 0.5) is 30.8 Å². The van der Waals surface area contributed by atoms with Crippen molar-refractivity contribution in [2.45, 2.75) is 37.8 Å². The highest BCUT2D eigenvalue weighted by atomic mass is 19.4. The molecular formula is C21H19F3N8. The van der Waals surface area contributed by atoms with Gasteiger partial charge in [0, 0.05) is 17.6 Å². The Morgan fingerprint density at radius 1 is 1.09 bits per heavy atom. The molecule has 11 heteroatoms. The van der Waals surface area contributed by atoms with E-state index >= 15 is 0 Å². The van der Waals surface area contributed by atoms with Crippen molar-refractivity contribution in [3.63, 3.8) is 0 Å². The fourth-order valence-corrected chi connectivity index (χ4v) is 3.06. The predicted molar refractivity (Wildman–Crippen MR) is 111 cm³/mol. The number of rotatable bonds is 7. The second-order valence-electron chi connectivity index (χ2n) is 7.39. The standard InChI is InChI=1S/C21H19F3N8/c1-2-13-4-3-5-15(28-13)17-30-18(27-12-21(22,23)24)32-19(31-17)29-14-6-9-26-16(10-14)20(11-25)7-8-20/h3-6,9-10H,2,7-8,12H2,1H3,(H2,26,27,29,30,31,32). The molecule has 0 amide bonds. The molecule has 2 N–H and O–H groups in total. The molecule has 0 bridgehead atoms. The summed E-state index contributed by atoms with van der Waals surface area (Å²) in [5.74, 6) is -0.0572. The lowest BCUT2D eigenvalue weighted by molar-refractivity contribution is -0.115. The molecule has 0 aliphatic heterocycles. The van der Waals surface area contributed by atoms with E-state index in [1.165, 1.54) is 0 Å². The minimum atomic E-state index is -4.43. The number of nitriles is 1. The Labute approximate surface area is 182 Å². The van der Waals surface area contributed by atoms with Crippen molar-refractivity contribution in [3.05, 3.63) is 47.9 Å². The summed E-state index contributed by atoms with van der Waals surface area (Å²) in [5, 5.41) is 14.6. The first-order chi connectivity index (χ1) is 15.3. The van der Waals surface area contributed by atoms with Crippen LogP contribution in [0.25, 0.3) is 11.5 Å². The number of pyridine rings is 2. The molecule has 4 rings (SSSR count). The molecule has 0 saturated heterocycles. The monoisotopic (exact) mass is 440 g/mol. The van der Waals surface area contributed by atoms with Crippen molar-refractivity contribution < 1.29 is 13.2 Å². The third-order valence-electron chi connectivity index (χ3n) is 4.95. The minimum Gasteiger partial charge on any atom is -0.345 e. The molecule has 3 heterocycles. The highest BCUT2D eigenvalue weighted by Crippen LogP contribution is 2.47. The number of nitrogens with one attached hydrogen (secondary N) is 2. The average molecular weight is 440 g/mol. The summed E-state index contributed by atoms with van der Waals surface area (Å²) >= 11 is 0. The van der Waals surface area contributed by atoms with Crippen LogP contribution in [0, 0.1) is 11.3 Å². The van der Waals surface area contributed by atoms with Gasteiger partial charge in [-0.2, -0.15) is 33.4 Å². The summed E-state index contributed by atoms with van der Waals surface area (Å²) in [6.07, 6.45) is -0.714. The Morgan fingerprint density at radius 2 is 1.88 bits per heavy atom. The second kappa shape index (κ2) is 8.37. The summed E-state index contributed by atoms with van der Waals surface area (Å²) < 4.78 is 38.1. The van der Waals surface area contributed by atoms with Crippen molar-refractivity contribution >= 4 is 17.6 Å². The van der Waals surface area contributed by atoms with Crippen molar-refractivity contribution in [1.29, 1.82) is 5.26 Å². The van der Waals surface area contributed by atoms with E-state index in [4.69, 9.17) is 0 Å². The zero-order valence-electron chi connectivity index (χ0n) is 17.1. The van der Waals surface area contributed by atoms with Crippen molar-refractivity contribution in [2.24, 2.45) is 0 Å². The summed E-state index contributed by atoms with van der Waals surface area (Å²) in [5.41, 5.74) is 1.83. The minimum absolute atomic E-state index is 0.0438. The zero-order chi connectivity index (χ0) is 22.8. The van der Waals surface area contributed by atoms with Gasteiger partial charge in [0.1, 0.15) is 12.2 Å². The molecule has 0 aromatic carbocycles. The topological polar surface area (TPSA) is 112 Å². The van der Waals surface area contributed by atoms with E-state index in [-0.39, 0.29) is 17.7 Å². The van der Waals surface area contributed by atoms with Gasteiger partial charge in [-0.1, -0.05) is 13.0 Å². The van der Waals surface area contributed by atoms with Gasteiger partial charge in [-0.05, 0) is 43.5 Å². The van der Waals surface area contributed by atoms with Crippen LogP contribution in [-0.4, -0.2) is 37.6 Å². The van der Waals surface area contributed by atoms with Crippen LogP contribution >= 0.6 is 0 Å². The number of aryl methyl sites for hydroxylation is 1. The molecule has 0 unspecified atom stereocenters. The average Bonchev–Trinajstić information content (AvgIpc) is 3.59. The number of hydrogen-bond acceptors (Lipinski definition) is 8. The molecular weight excluding hydrogens is 421 g/mol. The largest absolute Gasteiger partial charge is 0.405 e. The van der Waals surface area contributed by atoms with E-state index in [0.29, 0.717) is 23.5 Å². The van der Waals surface area contributed by atoms with Crippen LogP contribution in [0.3, 0.4) is 0 Å². The maximum Gasteiger partial charge on any atom is 0.405 e. The Balaban J connectivity index is 1.67. The molecule has 32 heavy (non-hydrogen) atoms. The number of nitrogens with zero attached hydrogens (tertiary/aromatic N) is 6. The Hall–Kier alpha value is -3.81. The van der Waals surface area contributed by atoms with E-state index in [1.54, 1.807) is 30.5 Å². The number of halogens is 3. The maximum atomic E-state index is 12.7. The fraction of sp³-hybridized carbons (Fsp3) is 0.333. The lowest BCUT2D eigenvalue weighted by Crippen LogP contribution is -2.23. The molecule has 0 spiro atoms. The highest BCUT2D eigenvalue weighted by molar-refractivity contribution is 5.59. The molecule has 1 aliphatic rings. The summed E-state index contributed by atoms with van der Waals surface area (Å²) in [6, 6.07) is 11.0. The Bertz CT molecular complexity index is 1170. The highest BCUT2D eigenvalue weighted by Gasteiger charge is 2.46. The number of aromatic nitrogens is 5. The first-order valence-electron chi connectivity index (χ1n) is 9.98. The van der Waals surface area contributed by atoms with E-state index in [2.05, 4.69) is 41.6 Å². The molecule has 0 radical (unpaired) electrons.